The van der Waals surface area contributed by atoms with Crippen molar-refractivity contribution in [2.24, 2.45) is 7.05 Å². The molecule has 1 aromatic rings. The molecule has 0 amide bonds. The quantitative estimate of drug-likeness (QED) is 0.744. The second-order valence-corrected chi connectivity index (χ2v) is 4.14. The Morgan fingerprint density at radius 1 is 1.67 bits per heavy atom. The molecule has 1 rings (SSSR count). The molecule has 0 fully saturated rings. The van der Waals surface area contributed by atoms with Crippen molar-refractivity contribution in [3.05, 3.63) is 16.9 Å². The van der Waals surface area contributed by atoms with Gasteiger partial charge in [-0.15, -0.1) is 0 Å². The van der Waals surface area contributed by atoms with E-state index in [1.165, 1.54) is 10.9 Å². The Kier molecular flexibility index (Phi) is 3.52. The third-order valence-corrected chi connectivity index (χ3v) is 2.44. The molecule has 0 aliphatic rings. The van der Waals surface area contributed by atoms with Crippen LogP contribution in [0.1, 0.15) is 31.3 Å². The number of carbonyl (C=O) groups is 1. The van der Waals surface area contributed by atoms with Crippen molar-refractivity contribution in [2.45, 2.75) is 26.4 Å². The summed E-state index contributed by atoms with van der Waals surface area (Å²) in [7, 11) is 1.68. The van der Waals surface area contributed by atoms with Crippen LogP contribution in [0.5, 0.6) is 0 Å². The van der Waals surface area contributed by atoms with E-state index in [1.54, 1.807) is 20.9 Å². The molecule has 0 saturated carbocycles. The second-order valence-electron chi connectivity index (χ2n) is 3.74. The van der Waals surface area contributed by atoms with E-state index in [2.05, 4.69) is 5.10 Å². The number of aryl methyl sites for hydroxylation is 1. The molecule has 0 N–H and O–H groups in total. The highest BCUT2D eigenvalue weighted by molar-refractivity contribution is 6.34. The van der Waals surface area contributed by atoms with Crippen LogP contribution in [0.25, 0.3) is 0 Å². The smallest absolute Gasteiger partial charge is 0.213 e. The molecule has 0 unspecified atom stereocenters. The Labute approximate surface area is 94.2 Å². The summed E-state index contributed by atoms with van der Waals surface area (Å²) in [5.74, 6) is -0.158. The van der Waals surface area contributed by atoms with Gasteiger partial charge in [0.2, 0.25) is 5.78 Å². The SMILES string of the molecule is CCOC(C)(C)C(=O)c1c(Cl)cnn1C. The number of nitrogens with zero attached hydrogens (tertiary/aromatic N) is 2. The van der Waals surface area contributed by atoms with E-state index in [1.807, 2.05) is 6.92 Å². The second kappa shape index (κ2) is 4.33. The van der Waals surface area contributed by atoms with Crippen molar-refractivity contribution in [1.29, 1.82) is 0 Å². The van der Waals surface area contributed by atoms with E-state index in [-0.39, 0.29) is 5.78 Å². The van der Waals surface area contributed by atoms with Crippen LogP contribution in [-0.2, 0) is 11.8 Å². The predicted molar refractivity (Wildman–Crippen MR) is 58.3 cm³/mol. The lowest BCUT2D eigenvalue weighted by Gasteiger charge is -2.22. The van der Waals surface area contributed by atoms with Gasteiger partial charge in [-0.3, -0.25) is 9.48 Å². The van der Waals surface area contributed by atoms with Crippen molar-refractivity contribution >= 4 is 17.4 Å². The Morgan fingerprint density at radius 3 is 2.67 bits per heavy atom. The van der Waals surface area contributed by atoms with Crippen LogP contribution in [-0.4, -0.2) is 27.8 Å². The minimum atomic E-state index is -0.869. The zero-order chi connectivity index (χ0) is 11.6. The molecule has 0 atom stereocenters. The summed E-state index contributed by atoms with van der Waals surface area (Å²) in [5, 5.41) is 4.28. The summed E-state index contributed by atoms with van der Waals surface area (Å²) in [4.78, 5) is 12.1. The average molecular weight is 231 g/mol. The van der Waals surface area contributed by atoms with Gasteiger partial charge in [-0.05, 0) is 20.8 Å². The van der Waals surface area contributed by atoms with Gasteiger partial charge in [0.1, 0.15) is 11.3 Å². The number of rotatable bonds is 4. The van der Waals surface area contributed by atoms with Gasteiger partial charge >= 0.3 is 0 Å². The zero-order valence-corrected chi connectivity index (χ0v) is 10.1. The number of hydrogen-bond acceptors (Lipinski definition) is 3. The number of aromatic nitrogens is 2. The molecule has 1 heterocycles. The first-order chi connectivity index (χ1) is 6.90. The van der Waals surface area contributed by atoms with Crippen LogP contribution in [0.2, 0.25) is 5.02 Å². The molecular weight excluding hydrogens is 216 g/mol. The van der Waals surface area contributed by atoms with Gasteiger partial charge in [-0.1, -0.05) is 11.6 Å². The minimum absolute atomic E-state index is 0.158. The van der Waals surface area contributed by atoms with Crippen molar-refractivity contribution < 1.29 is 9.53 Å². The molecule has 0 aromatic carbocycles. The van der Waals surface area contributed by atoms with Gasteiger partial charge in [0.05, 0.1) is 11.2 Å². The van der Waals surface area contributed by atoms with Crippen LogP contribution in [0, 0.1) is 0 Å². The largest absolute Gasteiger partial charge is 0.368 e. The topological polar surface area (TPSA) is 44.1 Å². The van der Waals surface area contributed by atoms with Crippen LogP contribution in [0.4, 0.5) is 0 Å². The van der Waals surface area contributed by atoms with Gasteiger partial charge in [0.15, 0.2) is 0 Å². The predicted octanol–water partition coefficient (Wildman–Crippen LogP) is 2.07. The molecule has 84 valence electrons. The lowest BCUT2D eigenvalue weighted by atomic mass is 10.0. The lowest BCUT2D eigenvalue weighted by molar-refractivity contribution is 0.000556. The molecule has 5 heteroatoms. The van der Waals surface area contributed by atoms with Gasteiger partial charge < -0.3 is 4.74 Å². The number of ketones is 1. The summed E-state index contributed by atoms with van der Waals surface area (Å²) in [6, 6.07) is 0. The van der Waals surface area contributed by atoms with E-state index in [0.29, 0.717) is 17.3 Å². The molecule has 1 aromatic heterocycles. The fourth-order valence-electron chi connectivity index (χ4n) is 1.38. The summed E-state index contributed by atoms with van der Waals surface area (Å²) in [6.45, 7) is 5.78. The summed E-state index contributed by atoms with van der Waals surface area (Å²) in [6.07, 6.45) is 1.46. The first kappa shape index (κ1) is 12.2. The van der Waals surface area contributed by atoms with Gasteiger partial charge in [-0.2, -0.15) is 5.10 Å². The van der Waals surface area contributed by atoms with Crippen molar-refractivity contribution in [3.63, 3.8) is 0 Å². The maximum Gasteiger partial charge on any atom is 0.213 e. The molecule has 0 saturated heterocycles. The Morgan fingerprint density at radius 2 is 2.27 bits per heavy atom. The van der Waals surface area contributed by atoms with Crippen molar-refractivity contribution in [2.75, 3.05) is 6.61 Å². The normalized spacial score (nSPS) is 11.8. The number of ether oxygens (including phenoxy) is 1. The molecule has 0 spiro atoms. The average Bonchev–Trinajstić information content (AvgIpc) is 2.45. The van der Waals surface area contributed by atoms with E-state index in [0.717, 1.165) is 0 Å². The summed E-state index contributed by atoms with van der Waals surface area (Å²) in [5.41, 5.74) is -0.484. The molecule has 0 radical (unpaired) electrons. The van der Waals surface area contributed by atoms with Crippen LogP contribution >= 0.6 is 11.6 Å². The van der Waals surface area contributed by atoms with Crippen LogP contribution in [0.15, 0.2) is 6.20 Å². The number of hydrogen-bond donors (Lipinski definition) is 0. The third kappa shape index (κ3) is 2.38. The summed E-state index contributed by atoms with van der Waals surface area (Å²) >= 11 is 5.89. The summed E-state index contributed by atoms with van der Waals surface area (Å²) < 4.78 is 6.84. The Hall–Kier alpha value is -0.870. The minimum Gasteiger partial charge on any atom is -0.368 e. The third-order valence-electron chi connectivity index (χ3n) is 2.16. The van der Waals surface area contributed by atoms with Crippen molar-refractivity contribution in [3.8, 4) is 0 Å². The van der Waals surface area contributed by atoms with E-state index in [4.69, 9.17) is 16.3 Å². The highest BCUT2D eigenvalue weighted by Gasteiger charge is 2.32. The fourth-order valence-corrected chi connectivity index (χ4v) is 1.63. The molecule has 0 aliphatic carbocycles. The van der Waals surface area contributed by atoms with E-state index < -0.39 is 5.60 Å². The van der Waals surface area contributed by atoms with Crippen LogP contribution < -0.4 is 0 Å². The number of carbonyl (C=O) groups excluding carboxylic acids is 1. The maximum absolute atomic E-state index is 12.1. The van der Waals surface area contributed by atoms with Gasteiger partial charge in [0.25, 0.3) is 0 Å². The Bertz CT molecular complexity index is 352. The molecule has 0 aliphatic heterocycles. The highest BCUT2D eigenvalue weighted by Crippen LogP contribution is 2.22. The molecule has 15 heavy (non-hydrogen) atoms. The monoisotopic (exact) mass is 230 g/mol. The first-order valence-electron chi connectivity index (χ1n) is 4.76. The fraction of sp³-hybridized carbons (Fsp3) is 0.600. The molecule has 4 nitrogen and oxygen atoms in total. The lowest BCUT2D eigenvalue weighted by Crippen LogP contribution is -2.36. The van der Waals surface area contributed by atoms with E-state index >= 15 is 0 Å². The number of Topliss-reactive ketones (excluding diaryl/α,β-unsaturated/α-hetero) is 1. The van der Waals surface area contributed by atoms with Gasteiger partial charge in [-0.25, -0.2) is 0 Å². The maximum atomic E-state index is 12.1. The van der Waals surface area contributed by atoms with E-state index in [9.17, 15) is 4.79 Å². The molecule has 0 bridgehead atoms. The standard InChI is InChI=1S/C10H15ClN2O2/c1-5-15-10(2,3)9(14)8-7(11)6-12-13(8)4/h6H,5H2,1-4H3. The zero-order valence-electron chi connectivity index (χ0n) is 9.37. The molecular formula is C10H15ClN2O2. The first-order valence-corrected chi connectivity index (χ1v) is 5.14. The number of halogens is 1. The van der Waals surface area contributed by atoms with Gasteiger partial charge in [0, 0.05) is 13.7 Å². The Balaban J connectivity index is 3.04. The highest BCUT2D eigenvalue weighted by atomic mass is 35.5. The van der Waals surface area contributed by atoms with Crippen LogP contribution in [0.3, 0.4) is 0 Å². The van der Waals surface area contributed by atoms with Crippen molar-refractivity contribution in [1.82, 2.24) is 9.78 Å².